The summed E-state index contributed by atoms with van der Waals surface area (Å²) in [4.78, 5) is 190. The number of amides is 12. The number of aliphatic hydroxyl groups excluding tert-OH is 1. The molecule has 0 radical (unpaired) electrons. The molecule has 0 aromatic rings. The van der Waals surface area contributed by atoms with Crippen LogP contribution in [0.15, 0.2) is 4.99 Å². The fourth-order valence-corrected chi connectivity index (χ4v) is 12.9. The number of nitrogens with two attached hydrogens (primary N) is 9. The number of carbonyl (C=O) groups is 13. The van der Waals surface area contributed by atoms with Crippen molar-refractivity contribution in [3.8, 4) is 0 Å². The van der Waals surface area contributed by atoms with Gasteiger partial charge in [0, 0.05) is 32.7 Å². The summed E-state index contributed by atoms with van der Waals surface area (Å²) in [5.41, 5.74) is 51.5. The number of aliphatic carboxylic acids is 1. The molecule has 4 saturated heterocycles. The van der Waals surface area contributed by atoms with Crippen molar-refractivity contribution in [2.45, 2.75) is 239 Å². The van der Waals surface area contributed by atoms with Gasteiger partial charge in [0.1, 0.15) is 66.5 Å². The molecule has 99 heavy (non-hydrogen) atoms. The van der Waals surface area contributed by atoms with E-state index in [1.807, 2.05) is 0 Å². The minimum absolute atomic E-state index is 0.0221. The topological polar surface area (TPSA) is 606 Å². The van der Waals surface area contributed by atoms with E-state index >= 15 is 0 Å². The Balaban J connectivity index is 1.51. The number of likely N-dealkylation sites (tertiary alicyclic amines) is 4. The third-order valence-corrected chi connectivity index (χ3v) is 18.3. The van der Waals surface area contributed by atoms with Crippen LogP contribution >= 0.6 is 0 Å². The third-order valence-electron chi connectivity index (χ3n) is 18.3. The van der Waals surface area contributed by atoms with Crippen molar-refractivity contribution in [3.63, 3.8) is 0 Å². The highest BCUT2D eigenvalue weighted by atomic mass is 16.4. The number of rotatable bonds is 46. The van der Waals surface area contributed by atoms with E-state index in [1.54, 1.807) is 0 Å². The van der Waals surface area contributed by atoms with Gasteiger partial charge in [-0.3, -0.25) is 62.5 Å². The lowest BCUT2D eigenvalue weighted by Gasteiger charge is -2.33. The normalized spacial score (nSPS) is 19.9. The third kappa shape index (κ3) is 26.6. The van der Waals surface area contributed by atoms with Crippen LogP contribution in [0.2, 0.25) is 0 Å². The number of guanidine groups is 1. The molecule has 560 valence electrons. The molecule has 27 N–H and O–H groups in total. The van der Waals surface area contributed by atoms with E-state index in [-0.39, 0.29) is 135 Å². The number of primary amides is 1. The highest BCUT2D eigenvalue weighted by Gasteiger charge is 2.46. The van der Waals surface area contributed by atoms with Gasteiger partial charge in [-0.1, -0.05) is 6.42 Å². The van der Waals surface area contributed by atoms with Gasteiger partial charge in [-0.25, -0.2) is 4.79 Å². The van der Waals surface area contributed by atoms with Crippen LogP contribution in [0.3, 0.4) is 0 Å². The van der Waals surface area contributed by atoms with Crippen LogP contribution in [0, 0.1) is 0 Å². The van der Waals surface area contributed by atoms with Crippen molar-refractivity contribution in [3.05, 3.63) is 0 Å². The van der Waals surface area contributed by atoms with Crippen molar-refractivity contribution in [1.29, 1.82) is 0 Å². The molecule has 4 aliphatic heterocycles. The summed E-state index contributed by atoms with van der Waals surface area (Å²) in [7, 11) is 0. The molecule has 4 fully saturated rings. The van der Waals surface area contributed by atoms with Crippen LogP contribution < -0.4 is 88.8 Å². The number of aliphatic imine (C=N–C) groups is 1. The van der Waals surface area contributed by atoms with E-state index in [4.69, 9.17) is 51.6 Å². The number of carbonyl (C=O) groups excluding carboxylic acids is 12. The van der Waals surface area contributed by atoms with E-state index in [0.29, 0.717) is 96.6 Å². The van der Waals surface area contributed by atoms with Crippen LogP contribution in [0.4, 0.5) is 0 Å². The predicted molar refractivity (Wildman–Crippen MR) is 363 cm³/mol. The Bertz CT molecular complexity index is 2730. The molecule has 0 aromatic carbocycles. The summed E-state index contributed by atoms with van der Waals surface area (Å²) in [6.45, 7) is 0.979. The highest BCUT2D eigenvalue weighted by molar-refractivity contribution is 6.00. The zero-order chi connectivity index (χ0) is 73.1. The monoisotopic (exact) mass is 1400 g/mol. The molecule has 0 aromatic heterocycles. The lowest BCUT2D eigenvalue weighted by Crippen LogP contribution is -2.61. The largest absolute Gasteiger partial charge is 0.480 e. The van der Waals surface area contributed by atoms with E-state index < -0.39 is 162 Å². The average molecular weight is 1400 g/mol. The maximum Gasteiger partial charge on any atom is 0.326 e. The highest BCUT2D eigenvalue weighted by Crippen LogP contribution is 2.28. The Labute approximate surface area is 578 Å². The van der Waals surface area contributed by atoms with Gasteiger partial charge in [0.05, 0.1) is 19.1 Å². The molecule has 0 unspecified atom stereocenters. The SMILES string of the molecule is NCCCC[C@H](NC(=O)[C@@H]1CCCN1C(=O)[C@H](CCCCN)NC(=O)[C@H](CCCCN)NC(=O)[C@@H]1CCCN1C(=O)[C@@H]1CCCN1C(=O)[C@H](CC(N)=O)NC(=O)[C@H](CCCCN)NC(=O)[C@H](CO)NC(=O)[C@H](CCCN=C(N)N)NC(=O)[C@@H]1CCCN1C(=O)[C@@H](N)CCCCN)C(=O)O. The molecule has 12 amide bonds. The Morgan fingerprint density at radius 1 is 0.394 bits per heavy atom. The Morgan fingerprint density at radius 2 is 0.727 bits per heavy atom. The fraction of sp³-hybridized carbons (Fsp3) is 0.778. The first-order valence-electron chi connectivity index (χ1n) is 35.2. The van der Waals surface area contributed by atoms with Crippen LogP contribution in [0.25, 0.3) is 0 Å². The molecule has 4 rings (SSSR count). The fourth-order valence-electron chi connectivity index (χ4n) is 12.9. The Kier molecular flexibility index (Phi) is 37.4. The van der Waals surface area contributed by atoms with E-state index in [1.165, 1.54) is 19.6 Å². The first-order valence-corrected chi connectivity index (χ1v) is 35.2. The number of carboxylic acids is 1. The zero-order valence-electron chi connectivity index (χ0n) is 57.2. The van der Waals surface area contributed by atoms with E-state index in [0.717, 1.165) is 0 Å². The molecular formula is C63H113N21O15. The number of aliphatic hydroxyl groups is 1. The van der Waals surface area contributed by atoms with Gasteiger partial charge in [-0.15, -0.1) is 0 Å². The van der Waals surface area contributed by atoms with Crippen molar-refractivity contribution in [2.24, 2.45) is 56.6 Å². The Morgan fingerprint density at radius 3 is 1.17 bits per heavy atom. The molecular weight excluding hydrogens is 1290 g/mol. The maximum absolute atomic E-state index is 14.8. The Hall–Kier alpha value is -7.90. The van der Waals surface area contributed by atoms with Crippen molar-refractivity contribution in [2.75, 3.05) is 72.1 Å². The van der Waals surface area contributed by atoms with Gasteiger partial charge in [0.25, 0.3) is 0 Å². The number of unbranched alkanes of at least 4 members (excludes halogenated alkanes) is 5. The van der Waals surface area contributed by atoms with E-state index in [2.05, 4.69) is 42.2 Å². The van der Waals surface area contributed by atoms with Crippen LogP contribution in [-0.2, 0) is 62.3 Å². The summed E-state index contributed by atoms with van der Waals surface area (Å²) in [5, 5.41) is 38.7. The molecule has 4 heterocycles. The number of carboxylic acid groups (broad SMARTS) is 1. The standard InChI is InChI=1S/C63H113N21O15/c64-26-6-1-16-38(69)58(94)81-32-12-22-46(81)55(91)76-41(21-11-31-73-63(71)72)53(89)80-45(37-85)54(90)74-39(17-2-7-27-65)52(88)79-44(36-50(70)86)60(96)84-35-15-25-49(84)61(97)83-34-14-24-48(83)56(92)75-40(18-3-8-28-66)51(87)77-42(19-4-9-29-67)59(95)82-33-13-23-47(82)57(93)78-43(62(98)99)20-5-10-30-68/h38-49,85H,1-37,64-69H2,(H2,70,86)(H,74,90)(H,75,92)(H,76,91)(H,77,87)(H,78,93)(H,79,88)(H,80,89)(H,98,99)(H4,71,72,73)/t38-,39-,40-,41-,42-,43-,44-,45-,46-,47-,48-,49-/m0/s1. The lowest BCUT2D eigenvalue weighted by atomic mass is 10.0. The number of nitrogens with one attached hydrogen (secondary N) is 7. The second-order valence-corrected chi connectivity index (χ2v) is 25.9. The van der Waals surface area contributed by atoms with Gasteiger partial charge in [-0.05, 0) is 187 Å². The second kappa shape index (κ2) is 44.3. The van der Waals surface area contributed by atoms with Crippen molar-refractivity contribution >= 4 is 82.8 Å². The molecule has 0 bridgehead atoms. The summed E-state index contributed by atoms with van der Waals surface area (Å²) in [6, 6.07) is -15.1. The van der Waals surface area contributed by atoms with Crippen molar-refractivity contribution in [1.82, 2.24) is 56.8 Å². The second-order valence-electron chi connectivity index (χ2n) is 25.9. The van der Waals surface area contributed by atoms with Gasteiger partial charge >= 0.3 is 5.97 Å². The number of nitrogens with zero attached hydrogens (tertiary/aromatic N) is 5. The smallest absolute Gasteiger partial charge is 0.326 e. The van der Waals surface area contributed by atoms with Crippen molar-refractivity contribution < 1.29 is 72.5 Å². The average Bonchev–Trinajstić information content (AvgIpc) is 1.71. The van der Waals surface area contributed by atoms with Crippen LogP contribution in [-0.4, -0.2) is 257 Å². The lowest BCUT2D eigenvalue weighted by molar-refractivity contribution is -0.148. The number of hydrogen-bond acceptors (Lipinski definition) is 21. The summed E-state index contributed by atoms with van der Waals surface area (Å²) < 4.78 is 0. The molecule has 0 aliphatic carbocycles. The van der Waals surface area contributed by atoms with Gasteiger partial charge in [0.2, 0.25) is 70.9 Å². The minimum atomic E-state index is -1.73. The molecule has 36 nitrogen and oxygen atoms in total. The molecule has 4 aliphatic rings. The van der Waals surface area contributed by atoms with Crippen LogP contribution in [0.5, 0.6) is 0 Å². The quantitative estimate of drug-likeness (QED) is 0.0153. The first-order chi connectivity index (χ1) is 47.4. The van der Waals surface area contributed by atoms with Crippen LogP contribution in [0.1, 0.15) is 167 Å². The summed E-state index contributed by atoms with van der Waals surface area (Å²) >= 11 is 0. The molecule has 0 saturated carbocycles. The van der Waals surface area contributed by atoms with Gasteiger partial charge in [0.15, 0.2) is 5.96 Å². The number of hydrogen-bond donors (Lipinski definition) is 18. The minimum Gasteiger partial charge on any atom is -0.480 e. The predicted octanol–water partition coefficient (Wildman–Crippen LogP) is -6.68. The summed E-state index contributed by atoms with van der Waals surface area (Å²) in [6.07, 6.45) is 6.82. The summed E-state index contributed by atoms with van der Waals surface area (Å²) in [5.74, 6) is -10.7. The zero-order valence-corrected chi connectivity index (χ0v) is 57.2. The molecule has 12 atom stereocenters. The van der Waals surface area contributed by atoms with Gasteiger partial charge < -0.3 is 119 Å². The maximum atomic E-state index is 14.8. The molecule has 36 heteroatoms. The van der Waals surface area contributed by atoms with Gasteiger partial charge in [-0.2, -0.15) is 0 Å². The molecule has 0 spiro atoms. The first kappa shape index (κ1) is 83.5. The van der Waals surface area contributed by atoms with E-state index in [9.17, 15) is 72.5 Å².